The van der Waals surface area contributed by atoms with E-state index in [1.165, 1.54) is 6.20 Å². The molecular formula is C19H18F3N5O2S. The lowest BCUT2D eigenvalue weighted by Crippen LogP contribution is -2.17. The molecule has 0 aliphatic heterocycles. The summed E-state index contributed by atoms with van der Waals surface area (Å²) in [5.74, 6) is -3.91. The molecule has 2 heterocycles. The molecule has 0 bridgehead atoms. The zero-order chi connectivity index (χ0) is 21.7. The number of ether oxygens (including phenoxy) is 1. The first-order chi connectivity index (χ1) is 14.4. The Kier molecular flexibility index (Phi) is 6.85. The van der Waals surface area contributed by atoms with Gasteiger partial charge in [0, 0.05) is 17.6 Å². The van der Waals surface area contributed by atoms with Gasteiger partial charge in [0.2, 0.25) is 5.06 Å². The quantitative estimate of drug-likeness (QED) is 0.464. The molecular weight excluding hydrogens is 419 g/mol. The van der Waals surface area contributed by atoms with E-state index in [-0.39, 0.29) is 11.4 Å². The Labute approximate surface area is 174 Å². The number of amides is 1. The van der Waals surface area contributed by atoms with Crippen molar-refractivity contribution in [2.24, 2.45) is 5.73 Å². The van der Waals surface area contributed by atoms with Crippen LogP contribution >= 0.6 is 11.5 Å². The fourth-order valence-corrected chi connectivity index (χ4v) is 3.19. The van der Waals surface area contributed by atoms with E-state index in [1.54, 1.807) is 0 Å². The lowest BCUT2D eigenvalue weighted by atomic mass is 10.1. The first kappa shape index (κ1) is 21.5. The van der Waals surface area contributed by atoms with E-state index < -0.39 is 40.3 Å². The number of anilines is 2. The molecule has 0 fully saturated rings. The maximum Gasteiger partial charge on any atom is 0.276 e. The molecule has 1 amide bonds. The molecule has 0 aliphatic carbocycles. The van der Waals surface area contributed by atoms with Gasteiger partial charge in [0.15, 0.2) is 11.5 Å². The number of nitrogen functional groups attached to an aromatic ring is 1. The number of benzene rings is 1. The summed E-state index contributed by atoms with van der Waals surface area (Å²) in [5.41, 5.74) is 9.38. The van der Waals surface area contributed by atoms with Crippen molar-refractivity contribution in [3.05, 3.63) is 53.6 Å². The van der Waals surface area contributed by atoms with Crippen LogP contribution in [0, 0.1) is 17.5 Å². The fourth-order valence-electron chi connectivity index (χ4n) is 2.59. The van der Waals surface area contributed by atoms with Gasteiger partial charge in [-0.15, -0.1) is 0 Å². The predicted molar refractivity (Wildman–Crippen MR) is 108 cm³/mol. The minimum atomic E-state index is -1.06. The summed E-state index contributed by atoms with van der Waals surface area (Å²) in [6.07, 6.45) is 2.88. The van der Waals surface area contributed by atoms with Gasteiger partial charge in [0.1, 0.15) is 23.0 Å². The molecule has 0 saturated heterocycles. The van der Waals surface area contributed by atoms with Crippen molar-refractivity contribution in [2.75, 3.05) is 24.2 Å². The highest BCUT2D eigenvalue weighted by atomic mass is 32.1. The zero-order valence-electron chi connectivity index (χ0n) is 15.6. The third-order valence-corrected chi connectivity index (χ3v) is 4.75. The highest BCUT2D eigenvalue weighted by molar-refractivity contribution is 7.08. The van der Waals surface area contributed by atoms with Gasteiger partial charge < -0.3 is 21.5 Å². The zero-order valence-corrected chi connectivity index (χ0v) is 16.4. The highest BCUT2D eigenvalue weighted by Gasteiger charge is 2.23. The Morgan fingerprint density at radius 2 is 1.90 bits per heavy atom. The standard InChI is InChI=1S/C19H18F3N5O2S/c20-10-4-3-5-11(21)15(10)16-12(22)8-13(24)17(27-16)18(28)26-14-9-25-30-19(14)29-7-2-1-6-23/h3-5,8-9H,1-2,6-7,23-24H2,(H,26,28). The van der Waals surface area contributed by atoms with Crippen LogP contribution in [0.4, 0.5) is 24.5 Å². The summed E-state index contributed by atoms with van der Waals surface area (Å²) in [7, 11) is 0. The topological polar surface area (TPSA) is 116 Å². The van der Waals surface area contributed by atoms with Crippen LogP contribution < -0.4 is 21.5 Å². The monoisotopic (exact) mass is 437 g/mol. The van der Waals surface area contributed by atoms with E-state index in [2.05, 4.69) is 14.7 Å². The normalized spacial score (nSPS) is 10.8. The number of nitrogens with zero attached hydrogens (tertiary/aromatic N) is 2. The number of unbranched alkanes of at least 4 members (excludes halogenated alkanes) is 1. The summed E-state index contributed by atoms with van der Waals surface area (Å²) in [5, 5.41) is 2.89. The highest BCUT2D eigenvalue weighted by Crippen LogP contribution is 2.31. The molecule has 7 nitrogen and oxygen atoms in total. The van der Waals surface area contributed by atoms with Crippen LogP contribution in [0.15, 0.2) is 30.5 Å². The lowest BCUT2D eigenvalue weighted by Gasteiger charge is -2.11. The van der Waals surface area contributed by atoms with Crippen molar-refractivity contribution in [3.63, 3.8) is 0 Å². The van der Waals surface area contributed by atoms with Crippen molar-refractivity contribution >= 4 is 28.8 Å². The van der Waals surface area contributed by atoms with Crippen LogP contribution in [0.1, 0.15) is 23.3 Å². The Balaban J connectivity index is 1.87. The molecule has 3 aromatic rings. The third-order valence-electron chi connectivity index (χ3n) is 4.04. The molecule has 0 radical (unpaired) electrons. The van der Waals surface area contributed by atoms with Gasteiger partial charge in [-0.05, 0) is 31.5 Å². The van der Waals surface area contributed by atoms with Gasteiger partial charge in [0.25, 0.3) is 5.91 Å². The van der Waals surface area contributed by atoms with Gasteiger partial charge >= 0.3 is 0 Å². The summed E-state index contributed by atoms with van der Waals surface area (Å²) >= 11 is 1.03. The predicted octanol–water partition coefficient (Wildman–Crippen LogP) is 3.57. The lowest BCUT2D eigenvalue weighted by molar-refractivity contribution is 0.102. The molecule has 11 heteroatoms. The number of rotatable bonds is 8. The Hall–Kier alpha value is -3.18. The minimum absolute atomic E-state index is 0.266. The summed E-state index contributed by atoms with van der Waals surface area (Å²) < 4.78 is 52.0. The van der Waals surface area contributed by atoms with E-state index >= 15 is 0 Å². The number of nitrogens with one attached hydrogen (secondary N) is 1. The van der Waals surface area contributed by atoms with E-state index in [0.29, 0.717) is 18.2 Å². The number of nitrogens with two attached hydrogens (primary N) is 2. The van der Waals surface area contributed by atoms with Crippen LogP contribution in [0.3, 0.4) is 0 Å². The number of aromatic nitrogens is 2. The Morgan fingerprint density at radius 3 is 2.60 bits per heavy atom. The first-order valence-corrected chi connectivity index (χ1v) is 9.69. The molecule has 1 aromatic carbocycles. The average molecular weight is 437 g/mol. The molecule has 2 aromatic heterocycles. The number of halogens is 3. The van der Waals surface area contributed by atoms with Gasteiger partial charge in [-0.25, -0.2) is 18.2 Å². The molecule has 3 rings (SSSR count). The van der Waals surface area contributed by atoms with Crippen molar-refractivity contribution in [1.29, 1.82) is 0 Å². The molecule has 158 valence electrons. The molecule has 5 N–H and O–H groups in total. The third kappa shape index (κ3) is 4.69. The van der Waals surface area contributed by atoms with Crippen molar-refractivity contribution in [3.8, 4) is 16.3 Å². The number of carbonyl (C=O) groups excluding carboxylic acids is 1. The number of hydrogen-bond donors (Lipinski definition) is 3. The van der Waals surface area contributed by atoms with Gasteiger partial charge in [0.05, 0.1) is 24.1 Å². The van der Waals surface area contributed by atoms with Crippen LogP contribution in [-0.4, -0.2) is 28.4 Å². The Bertz CT molecular complexity index is 1040. The number of pyridine rings is 1. The molecule has 0 atom stereocenters. The largest absolute Gasteiger partial charge is 0.481 e. The maximum atomic E-state index is 14.3. The fraction of sp³-hybridized carbons (Fsp3) is 0.211. The molecule has 0 saturated carbocycles. The van der Waals surface area contributed by atoms with Crippen LogP contribution in [-0.2, 0) is 0 Å². The Morgan fingerprint density at radius 1 is 1.17 bits per heavy atom. The average Bonchev–Trinajstić information content (AvgIpc) is 3.13. The number of carbonyl (C=O) groups is 1. The second-order valence-electron chi connectivity index (χ2n) is 6.18. The summed E-state index contributed by atoms with van der Waals surface area (Å²) in [6, 6.07) is 3.84. The van der Waals surface area contributed by atoms with Gasteiger partial charge in [-0.1, -0.05) is 6.07 Å². The summed E-state index contributed by atoms with van der Waals surface area (Å²) in [4.78, 5) is 16.5. The van der Waals surface area contributed by atoms with E-state index in [0.717, 1.165) is 48.6 Å². The molecule has 30 heavy (non-hydrogen) atoms. The second-order valence-corrected chi connectivity index (χ2v) is 6.94. The van der Waals surface area contributed by atoms with Crippen molar-refractivity contribution in [1.82, 2.24) is 9.36 Å². The van der Waals surface area contributed by atoms with E-state index in [9.17, 15) is 18.0 Å². The van der Waals surface area contributed by atoms with Crippen LogP contribution in [0.25, 0.3) is 11.3 Å². The van der Waals surface area contributed by atoms with Crippen LogP contribution in [0.5, 0.6) is 5.06 Å². The van der Waals surface area contributed by atoms with E-state index in [1.807, 2.05) is 0 Å². The van der Waals surface area contributed by atoms with Crippen molar-refractivity contribution in [2.45, 2.75) is 12.8 Å². The summed E-state index contributed by atoms with van der Waals surface area (Å²) in [6.45, 7) is 0.923. The minimum Gasteiger partial charge on any atom is -0.481 e. The molecule has 0 unspecified atom stereocenters. The van der Waals surface area contributed by atoms with Crippen LogP contribution in [0.2, 0.25) is 0 Å². The van der Waals surface area contributed by atoms with E-state index in [4.69, 9.17) is 16.2 Å². The van der Waals surface area contributed by atoms with Gasteiger partial charge in [-0.3, -0.25) is 4.79 Å². The maximum absolute atomic E-state index is 14.3. The smallest absolute Gasteiger partial charge is 0.276 e. The second kappa shape index (κ2) is 9.55. The SMILES string of the molecule is NCCCCOc1sncc1NC(=O)c1nc(-c2c(F)cccc2F)c(F)cc1N. The number of hydrogen-bond acceptors (Lipinski definition) is 7. The molecule has 0 aliphatic rings. The first-order valence-electron chi connectivity index (χ1n) is 8.91. The van der Waals surface area contributed by atoms with Gasteiger partial charge in [-0.2, -0.15) is 4.37 Å². The van der Waals surface area contributed by atoms with Crippen molar-refractivity contribution < 1.29 is 22.7 Å². The molecule has 0 spiro atoms.